The van der Waals surface area contributed by atoms with Gasteiger partial charge in [-0.3, -0.25) is 19.7 Å². The molecule has 0 unspecified atom stereocenters. The van der Waals surface area contributed by atoms with Crippen LogP contribution in [0.2, 0.25) is 5.02 Å². The molecule has 0 atom stereocenters. The predicted molar refractivity (Wildman–Crippen MR) is 108 cm³/mol. The summed E-state index contributed by atoms with van der Waals surface area (Å²) in [4.78, 5) is 42.8. The van der Waals surface area contributed by atoms with Gasteiger partial charge in [0.05, 0.1) is 15.5 Å². The van der Waals surface area contributed by atoms with Crippen LogP contribution < -0.4 is 5.32 Å². The molecule has 28 heavy (non-hydrogen) atoms. The van der Waals surface area contributed by atoms with Crippen LogP contribution in [0.4, 0.5) is 10.8 Å². The van der Waals surface area contributed by atoms with E-state index in [-0.39, 0.29) is 28.7 Å². The fourth-order valence-corrected chi connectivity index (χ4v) is 3.21. The van der Waals surface area contributed by atoms with Crippen molar-refractivity contribution in [1.29, 1.82) is 0 Å². The molecule has 2 rings (SSSR count). The van der Waals surface area contributed by atoms with Gasteiger partial charge in [-0.25, -0.2) is 4.98 Å². The SMILES string of the molecule is CN(C)CCCN(CC(=O)Nc1nccs1)C(=O)c1ccc([N+](=O)[O-])cc1Cl. The molecule has 0 aliphatic heterocycles. The molecular formula is C17H20ClN5O4S. The highest BCUT2D eigenvalue weighted by Gasteiger charge is 2.22. The van der Waals surface area contributed by atoms with Crippen LogP contribution in [0, 0.1) is 10.1 Å². The molecule has 0 aliphatic carbocycles. The number of nitro benzene ring substituents is 1. The van der Waals surface area contributed by atoms with Crippen molar-refractivity contribution in [3.63, 3.8) is 0 Å². The Hall–Kier alpha value is -2.56. The third kappa shape index (κ3) is 6.25. The molecule has 0 spiro atoms. The quantitative estimate of drug-likeness (QED) is 0.488. The first kappa shape index (κ1) is 21.7. The second-order valence-electron chi connectivity index (χ2n) is 6.19. The lowest BCUT2D eigenvalue weighted by atomic mass is 10.1. The zero-order chi connectivity index (χ0) is 20.7. The van der Waals surface area contributed by atoms with E-state index < -0.39 is 10.8 Å². The summed E-state index contributed by atoms with van der Waals surface area (Å²) >= 11 is 7.35. The number of nitro groups is 1. The normalized spacial score (nSPS) is 10.7. The van der Waals surface area contributed by atoms with Gasteiger partial charge < -0.3 is 15.1 Å². The maximum absolute atomic E-state index is 12.9. The van der Waals surface area contributed by atoms with Gasteiger partial charge in [-0.1, -0.05) is 11.6 Å². The number of benzene rings is 1. The number of thiazole rings is 1. The number of amides is 2. The van der Waals surface area contributed by atoms with Gasteiger partial charge in [0.2, 0.25) is 5.91 Å². The zero-order valence-electron chi connectivity index (χ0n) is 15.4. The lowest BCUT2D eigenvalue weighted by Gasteiger charge is -2.23. The van der Waals surface area contributed by atoms with Crippen molar-refractivity contribution in [3.8, 4) is 0 Å². The van der Waals surface area contributed by atoms with Crippen molar-refractivity contribution in [2.75, 3.05) is 39.0 Å². The summed E-state index contributed by atoms with van der Waals surface area (Å²) in [6.45, 7) is 0.876. The van der Waals surface area contributed by atoms with Crippen LogP contribution in [0.5, 0.6) is 0 Å². The summed E-state index contributed by atoms with van der Waals surface area (Å²) in [7, 11) is 3.82. The number of hydrogen-bond acceptors (Lipinski definition) is 7. The summed E-state index contributed by atoms with van der Waals surface area (Å²) in [5.74, 6) is -0.848. The van der Waals surface area contributed by atoms with Crippen LogP contribution in [0.25, 0.3) is 0 Å². The van der Waals surface area contributed by atoms with E-state index in [1.807, 2.05) is 19.0 Å². The number of rotatable bonds is 9. The van der Waals surface area contributed by atoms with Gasteiger partial charge in [0.15, 0.2) is 5.13 Å². The Labute approximate surface area is 171 Å². The highest BCUT2D eigenvalue weighted by atomic mass is 35.5. The average Bonchev–Trinajstić information content (AvgIpc) is 3.12. The average molecular weight is 426 g/mol. The van der Waals surface area contributed by atoms with Crippen molar-refractivity contribution in [1.82, 2.24) is 14.8 Å². The second-order valence-corrected chi connectivity index (χ2v) is 7.49. The molecule has 1 aromatic carbocycles. The van der Waals surface area contributed by atoms with Gasteiger partial charge >= 0.3 is 0 Å². The minimum absolute atomic E-state index is 0.0304. The van der Waals surface area contributed by atoms with Crippen LogP contribution in [-0.2, 0) is 4.79 Å². The van der Waals surface area contributed by atoms with Crippen molar-refractivity contribution < 1.29 is 14.5 Å². The number of non-ortho nitro benzene ring substituents is 1. The summed E-state index contributed by atoms with van der Waals surface area (Å²) in [6, 6.07) is 3.65. The Bertz CT molecular complexity index is 844. The molecule has 150 valence electrons. The van der Waals surface area contributed by atoms with Crippen molar-refractivity contribution in [3.05, 3.63) is 50.5 Å². The Morgan fingerprint density at radius 2 is 2.07 bits per heavy atom. The van der Waals surface area contributed by atoms with Gasteiger partial charge in [0.25, 0.3) is 11.6 Å². The van der Waals surface area contributed by atoms with E-state index in [1.165, 1.54) is 28.4 Å². The molecule has 0 aliphatic rings. The first-order valence-electron chi connectivity index (χ1n) is 8.35. The molecule has 1 aromatic heterocycles. The lowest BCUT2D eigenvalue weighted by Crippen LogP contribution is -2.39. The van der Waals surface area contributed by atoms with E-state index in [4.69, 9.17) is 11.6 Å². The van der Waals surface area contributed by atoms with E-state index in [2.05, 4.69) is 10.3 Å². The topological polar surface area (TPSA) is 109 Å². The Kier molecular flexibility index (Phi) is 7.85. The van der Waals surface area contributed by atoms with E-state index in [0.717, 1.165) is 12.6 Å². The molecule has 2 aromatic rings. The third-order valence-corrected chi connectivity index (χ3v) is 4.73. The van der Waals surface area contributed by atoms with E-state index in [0.29, 0.717) is 18.1 Å². The molecule has 11 heteroatoms. The molecule has 2 amide bonds. The maximum atomic E-state index is 12.9. The summed E-state index contributed by atoms with van der Waals surface area (Å²) in [5.41, 5.74) is -0.0959. The van der Waals surface area contributed by atoms with E-state index >= 15 is 0 Å². The molecule has 0 saturated carbocycles. The fourth-order valence-electron chi connectivity index (χ4n) is 2.41. The van der Waals surface area contributed by atoms with Crippen LogP contribution in [0.1, 0.15) is 16.8 Å². The first-order chi connectivity index (χ1) is 13.3. The minimum atomic E-state index is -0.587. The predicted octanol–water partition coefficient (Wildman–Crippen LogP) is 2.74. The van der Waals surface area contributed by atoms with Gasteiger partial charge in [-0.05, 0) is 33.1 Å². The second kappa shape index (κ2) is 10.1. The minimum Gasteiger partial charge on any atom is -0.329 e. The summed E-state index contributed by atoms with van der Waals surface area (Å²) < 4.78 is 0. The van der Waals surface area contributed by atoms with Crippen LogP contribution >= 0.6 is 22.9 Å². The van der Waals surface area contributed by atoms with Gasteiger partial charge in [-0.2, -0.15) is 0 Å². The Balaban J connectivity index is 2.15. The standard InChI is InChI=1S/C17H20ClN5O4S/c1-21(2)7-3-8-22(11-15(24)20-17-19-6-9-28-17)16(25)13-5-4-12(23(26)27)10-14(13)18/h4-6,9-10H,3,7-8,11H2,1-2H3,(H,19,20,24). The Morgan fingerprint density at radius 1 is 1.32 bits per heavy atom. The number of aromatic nitrogens is 1. The van der Waals surface area contributed by atoms with Gasteiger partial charge in [0.1, 0.15) is 6.54 Å². The van der Waals surface area contributed by atoms with Crippen LogP contribution in [0.3, 0.4) is 0 Å². The van der Waals surface area contributed by atoms with Crippen LogP contribution in [0.15, 0.2) is 29.8 Å². The fraction of sp³-hybridized carbons (Fsp3) is 0.353. The summed E-state index contributed by atoms with van der Waals surface area (Å²) in [6.07, 6.45) is 2.21. The van der Waals surface area contributed by atoms with Gasteiger partial charge in [0, 0.05) is 30.3 Å². The van der Waals surface area contributed by atoms with Crippen molar-refractivity contribution in [2.24, 2.45) is 0 Å². The smallest absolute Gasteiger partial charge is 0.270 e. The highest BCUT2D eigenvalue weighted by molar-refractivity contribution is 7.13. The Morgan fingerprint density at radius 3 is 2.64 bits per heavy atom. The van der Waals surface area contributed by atoms with E-state index in [1.54, 1.807) is 11.6 Å². The third-order valence-electron chi connectivity index (χ3n) is 3.73. The van der Waals surface area contributed by atoms with Crippen LogP contribution in [-0.4, -0.2) is 65.3 Å². The molecular weight excluding hydrogens is 406 g/mol. The molecule has 1 N–H and O–H groups in total. The monoisotopic (exact) mass is 425 g/mol. The number of carbonyl (C=O) groups excluding carboxylic acids is 2. The molecule has 0 radical (unpaired) electrons. The number of halogens is 1. The number of anilines is 1. The number of hydrogen-bond donors (Lipinski definition) is 1. The lowest BCUT2D eigenvalue weighted by molar-refractivity contribution is -0.384. The maximum Gasteiger partial charge on any atom is 0.270 e. The largest absolute Gasteiger partial charge is 0.329 e. The molecule has 0 bridgehead atoms. The summed E-state index contributed by atoms with van der Waals surface area (Å²) in [5, 5.41) is 15.6. The zero-order valence-corrected chi connectivity index (χ0v) is 17.0. The van der Waals surface area contributed by atoms with Crippen molar-refractivity contribution >= 4 is 45.6 Å². The van der Waals surface area contributed by atoms with Crippen molar-refractivity contribution in [2.45, 2.75) is 6.42 Å². The van der Waals surface area contributed by atoms with E-state index in [9.17, 15) is 19.7 Å². The van der Waals surface area contributed by atoms with Gasteiger partial charge in [-0.15, -0.1) is 11.3 Å². The molecule has 0 saturated heterocycles. The highest BCUT2D eigenvalue weighted by Crippen LogP contribution is 2.24. The first-order valence-corrected chi connectivity index (χ1v) is 9.61. The number of nitrogens with one attached hydrogen (secondary N) is 1. The number of nitrogens with zero attached hydrogens (tertiary/aromatic N) is 4. The molecule has 1 heterocycles. The number of carbonyl (C=O) groups is 2. The molecule has 9 nitrogen and oxygen atoms in total. The molecule has 0 fully saturated rings.